The molecule has 0 bridgehead atoms. The van der Waals surface area contributed by atoms with Crippen molar-refractivity contribution in [2.75, 3.05) is 12.3 Å². The number of allylic oxidation sites excluding steroid dienone is 1. The molecular formula is C15H17NO4S. The molecule has 21 heavy (non-hydrogen) atoms. The third-order valence-corrected chi connectivity index (χ3v) is 3.29. The van der Waals surface area contributed by atoms with Crippen LogP contribution in [0.4, 0.5) is 0 Å². The van der Waals surface area contributed by atoms with E-state index in [9.17, 15) is 14.4 Å². The number of carbonyl (C=O) groups excluding carboxylic acids is 3. The van der Waals surface area contributed by atoms with Crippen molar-refractivity contribution in [2.45, 2.75) is 13.3 Å². The van der Waals surface area contributed by atoms with E-state index in [1.165, 1.54) is 25.1 Å². The van der Waals surface area contributed by atoms with Gasteiger partial charge in [-0.1, -0.05) is 30.0 Å². The van der Waals surface area contributed by atoms with Gasteiger partial charge in [-0.3, -0.25) is 14.4 Å². The van der Waals surface area contributed by atoms with Gasteiger partial charge in [-0.05, 0) is 23.8 Å². The topological polar surface area (TPSA) is 83.5 Å². The zero-order chi connectivity index (χ0) is 15.7. The summed E-state index contributed by atoms with van der Waals surface area (Å²) in [5.74, 6) is 0.188. The lowest BCUT2D eigenvalue weighted by molar-refractivity contribution is -0.120. The molecule has 0 radical (unpaired) electrons. The van der Waals surface area contributed by atoms with Crippen molar-refractivity contribution in [3.05, 3.63) is 35.9 Å². The van der Waals surface area contributed by atoms with Crippen LogP contribution in [0.2, 0.25) is 0 Å². The normalized spacial score (nSPS) is 10.5. The number of hydrogen-bond acceptors (Lipinski definition) is 5. The lowest BCUT2D eigenvalue weighted by atomic mass is 10.2. The molecule has 1 aromatic carbocycles. The van der Waals surface area contributed by atoms with Crippen LogP contribution in [0.25, 0.3) is 6.08 Å². The SMILES string of the molecule is CC(=O)NCCSC(=O)CC(=O)/C=C/c1ccc(O)cc1. The van der Waals surface area contributed by atoms with Gasteiger partial charge in [-0.2, -0.15) is 0 Å². The second-order valence-electron chi connectivity index (χ2n) is 4.27. The van der Waals surface area contributed by atoms with Gasteiger partial charge in [0, 0.05) is 19.2 Å². The van der Waals surface area contributed by atoms with E-state index in [1.807, 2.05) is 0 Å². The maximum Gasteiger partial charge on any atom is 0.216 e. The Balaban J connectivity index is 2.30. The third kappa shape index (κ3) is 7.94. The van der Waals surface area contributed by atoms with Crippen LogP contribution < -0.4 is 5.32 Å². The highest BCUT2D eigenvalue weighted by molar-refractivity contribution is 8.13. The number of rotatable bonds is 7. The molecule has 112 valence electrons. The minimum Gasteiger partial charge on any atom is -0.508 e. The summed E-state index contributed by atoms with van der Waals surface area (Å²) in [5, 5.41) is 11.5. The summed E-state index contributed by atoms with van der Waals surface area (Å²) in [5.41, 5.74) is 0.770. The van der Waals surface area contributed by atoms with Crippen LogP contribution in [0.5, 0.6) is 5.75 Å². The molecule has 0 fully saturated rings. The Morgan fingerprint density at radius 3 is 2.52 bits per heavy atom. The summed E-state index contributed by atoms with van der Waals surface area (Å²) in [7, 11) is 0. The zero-order valence-corrected chi connectivity index (χ0v) is 12.5. The van der Waals surface area contributed by atoms with Crippen molar-refractivity contribution in [3.63, 3.8) is 0 Å². The fraction of sp³-hybridized carbons (Fsp3) is 0.267. The van der Waals surface area contributed by atoms with Crippen LogP contribution >= 0.6 is 11.8 Å². The minimum atomic E-state index is -0.278. The van der Waals surface area contributed by atoms with Crippen molar-refractivity contribution in [1.29, 1.82) is 0 Å². The largest absolute Gasteiger partial charge is 0.508 e. The average Bonchev–Trinajstić information content (AvgIpc) is 2.43. The number of amides is 1. The van der Waals surface area contributed by atoms with Gasteiger partial charge < -0.3 is 10.4 Å². The molecule has 0 aliphatic carbocycles. The maximum absolute atomic E-state index is 11.6. The Morgan fingerprint density at radius 2 is 1.90 bits per heavy atom. The first-order valence-electron chi connectivity index (χ1n) is 6.37. The molecule has 1 amide bonds. The van der Waals surface area contributed by atoms with Crippen molar-refractivity contribution < 1.29 is 19.5 Å². The lowest BCUT2D eigenvalue weighted by Gasteiger charge is -2.00. The Morgan fingerprint density at radius 1 is 1.24 bits per heavy atom. The van der Waals surface area contributed by atoms with Crippen molar-refractivity contribution in [3.8, 4) is 5.75 Å². The van der Waals surface area contributed by atoms with Gasteiger partial charge in [-0.15, -0.1) is 0 Å². The van der Waals surface area contributed by atoms with Gasteiger partial charge in [0.1, 0.15) is 5.75 Å². The van der Waals surface area contributed by atoms with Crippen LogP contribution in [-0.2, 0) is 14.4 Å². The second-order valence-corrected chi connectivity index (χ2v) is 5.42. The summed E-state index contributed by atoms with van der Waals surface area (Å²) in [6.07, 6.45) is 2.77. The van der Waals surface area contributed by atoms with Crippen LogP contribution in [0, 0.1) is 0 Å². The molecule has 0 saturated heterocycles. The van der Waals surface area contributed by atoms with E-state index < -0.39 is 0 Å². The third-order valence-electron chi connectivity index (χ3n) is 2.41. The smallest absolute Gasteiger partial charge is 0.216 e. The molecule has 0 unspecified atom stereocenters. The number of aromatic hydroxyl groups is 1. The number of carbonyl (C=O) groups is 3. The number of benzene rings is 1. The number of thioether (sulfide) groups is 1. The second kappa shape index (κ2) is 8.97. The van der Waals surface area contributed by atoms with E-state index in [-0.39, 0.29) is 29.0 Å². The fourth-order valence-electron chi connectivity index (χ4n) is 1.42. The lowest BCUT2D eigenvalue weighted by Crippen LogP contribution is -2.22. The summed E-state index contributed by atoms with van der Waals surface area (Å²) in [6.45, 7) is 1.81. The molecule has 1 rings (SSSR count). The van der Waals surface area contributed by atoms with Crippen molar-refractivity contribution >= 4 is 34.6 Å². The van der Waals surface area contributed by atoms with Crippen LogP contribution in [-0.4, -0.2) is 34.2 Å². The predicted octanol–water partition coefficient (Wildman–Crippen LogP) is 1.76. The number of phenolic OH excluding ortho intramolecular Hbond substituents is 1. The highest BCUT2D eigenvalue weighted by Gasteiger charge is 2.07. The zero-order valence-electron chi connectivity index (χ0n) is 11.7. The molecule has 1 aromatic rings. The summed E-state index contributed by atoms with van der Waals surface area (Å²) >= 11 is 1.03. The Hall–Kier alpha value is -2.08. The number of phenols is 1. The Labute approximate surface area is 127 Å². The molecule has 5 nitrogen and oxygen atoms in total. The van der Waals surface area contributed by atoms with Crippen LogP contribution in [0.1, 0.15) is 18.9 Å². The Bertz CT molecular complexity index is 537. The first-order chi connectivity index (χ1) is 9.97. The quantitative estimate of drug-likeness (QED) is 0.455. The summed E-state index contributed by atoms with van der Waals surface area (Å²) < 4.78 is 0. The molecule has 0 aliphatic rings. The first kappa shape index (κ1) is 17.0. The van der Waals surface area contributed by atoms with E-state index in [4.69, 9.17) is 5.11 Å². The maximum atomic E-state index is 11.6. The highest BCUT2D eigenvalue weighted by atomic mass is 32.2. The average molecular weight is 307 g/mol. The molecular weight excluding hydrogens is 290 g/mol. The van der Waals surface area contributed by atoms with Gasteiger partial charge in [0.2, 0.25) is 5.91 Å². The van der Waals surface area contributed by atoms with E-state index in [1.54, 1.807) is 18.2 Å². The number of hydrogen-bond donors (Lipinski definition) is 2. The van der Waals surface area contributed by atoms with Gasteiger partial charge >= 0.3 is 0 Å². The molecule has 0 saturated carbocycles. The summed E-state index contributed by atoms with van der Waals surface area (Å²) in [6, 6.07) is 6.38. The standard InChI is InChI=1S/C15H17NO4S/c1-11(17)16-8-9-21-15(20)10-14(19)7-4-12-2-5-13(18)6-3-12/h2-7,18H,8-10H2,1H3,(H,16,17)/b7-4+. The van der Waals surface area contributed by atoms with Gasteiger partial charge in [-0.25, -0.2) is 0 Å². The number of ketones is 1. The molecule has 2 N–H and O–H groups in total. The molecule has 0 heterocycles. The predicted molar refractivity (Wildman–Crippen MR) is 82.9 cm³/mol. The van der Waals surface area contributed by atoms with Gasteiger partial charge in [0.15, 0.2) is 10.9 Å². The van der Waals surface area contributed by atoms with E-state index in [0.717, 1.165) is 17.3 Å². The van der Waals surface area contributed by atoms with Crippen LogP contribution in [0.15, 0.2) is 30.3 Å². The van der Waals surface area contributed by atoms with Gasteiger partial charge in [0.05, 0.1) is 6.42 Å². The highest BCUT2D eigenvalue weighted by Crippen LogP contribution is 2.11. The molecule has 0 aliphatic heterocycles. The van der Waals surface area contributed by atoms with Crippen LogP contribution in [0.3, 0.4) is 0 Å². The molecule has 0 aromatic heterocycles. The minimum absolute atomic E-state index is 0.143. The first-order valence-corrected chi connectivity index (χ1v) is 7.36. The molecule has 0 atom stereocenters. The van der Waals surface area contributed by atoms with Gasteiger partial charge in [0.25, 0.3) is 0 Å². The van der Waals surface area contributed by atoms with E-state index in [0.29, 0.717) is 12.3 Å². The van der Waals surface area contributed by atoms with Crippen molar-refractivity contribution in [1.82, 2.24) is 5.32 Å². The summed E-state index contributed by atoms with van der Waals surface area (Å²) in [4.78, 5) is 33.7. The van der Waals surface area contributed by atoms with E-state index in [2.05, 4.69) is 5.32 Å². The fourth-order valence-corrected chi connectivity index (χ4v) is 2.09. The molecule has 6 heteroatoms. The molecule has 0 spiro atoms. The number of nitrogens with one attached hydrogen (secondary N) is 1. The Kier molecular flexibility index (Phi) is 7.25. The monoisotopic (exact) mass is 307 g/mol. The van der Waals surface area contributed by atoms with E-state index >= 15 is 0 Å². The van der Waals surface area contributed by atoms with Crippen molar-refractivity contribution in [2.24, 2.45) is 0 Å².